The predicted molar refractivity (Wildman–Crippen MR) is 74.2 cm³/mol. The van der Waals surface area contributed by atoms with Crippen LogP contribution in [0.25, 0.3) is 0 Å². The molecule has 0 fully saturated rings. The van der Waals surface area contributed by atoms with Crippen molar-refractivity contribution >= 4 is 0 Å². The number of hydrogen-bond acceptors (Lipinski definition) is 5. The van der Waals surface area contributed by atoms with E-state index >= 15 is 0 Å². The fraction of sp³-hybridized carbons (Fsp3) is 0.571. The highest BCUT2D eigenvalue weighted by molar-refractivity contribution is 5.51. The molecule has 2 N–H and O–H groups in total. The van der Waals surface area contributed by atoms with Gasteiger partial charge in [0, 0.05) is 6.04 Å². The van der Waals surface area contributed by atoms with Crippen LogP contribution in [0.2, 0.25) is 0 Å². The lowest BCUT2D eigenvalue weighted by atomic mass is 10.2. The molecule has 0 saturated carbocycles. The van der Waals surface area contributed by atoms with E-state index in [-0.39, 0.29) is 12.6 Å². The van der Waals surface area contributed by atoms with Crippen molar-refractivity contribution in [2.75, 3.05) is 34.0 Å². The summed E-state index contributed by atoms with van der Waals surface area (Å²) in [6, 6.07) is 5.54. The molecule has 5 nitrogen and oxygen atoms in total. The third-order valence-electron chi connectivity index (χ3n) is 2.81. The number of likely N-dealkylation sites (N-methyl/N-ethyl adjacent to an activating group) is 1. The first-order valence-corrected chi connectivity index (χ1v) is 6.44. The number of aliphatic hydroxyl groups excluding tert-OH is 1. The van der Waals surface area contributed by atoms with Gasteiger partial charge < -0.3 is 24.6 Å². The molecule has 0 aliphatic rings. The monoisotopic (exact) mass is 269 g/mol. The van der Waals surface area contributed by atoms with Crippen LogP contribution < -0.4 is 19.5 Å². The molecular weight excluding hydrogens is 246 g/mol. The van der Waals surface area contributed by atoms with Crippen molar-refractivity contribution in [1.29, 1.82) is 0 Å². The average Bonchev–Trinajstić information content (AvgIpc) is 2.46. The maximum Gasteiger partial charge on any atom is 0.203 e. The Morgan fingerprint density at radius 3 is 2.32 bits per heavy atom. The first-order valence-electron chi connectivity index (χ1n) is 6.44. The summed E-state index contributed by atoms with van der Waals surface area (Å²) >= 11 is 0. The highest BCUT2D eigenvalue weighted by atomic mass is 16.5. The van der Waals surface area contributed by atoms with Gasteiger partial charge in [0.1, 0.15) is 0 Å². The number of nitrogens with one attached hydrogen (secondary N) is 1. The van der Waals surface area contributed by atoms with Gasteiger partial charge in [0.25, 0.3) is 0 Å². The van der Waals surface area contributed by atoms with Gasteiger partial charge >= 0.3 is 0 Å². The molecule has 0 heterocycles. The van der Waals surface area contributed by atoms with Crippen LogP contribution in [-0.4, -0.2) is 45.1 Å². The van der Waals surface area contributed by atoms with Crippen LogP contribution in [0.15, 0.2) is 18.2 Å². The Morgan fingerprint density at radius 2 is 1.84 bits per heavy atom. The van der Waals surface area contributed by atoms with Gasteiger partial charge in [-0.3, -0.25) is 0 Å². The molecule has 0 aliphatic heterocycles. The zero-order chi connectivity index (χ0) is 14.1. The summed E-state index contributed by atoms with van der Waals surface area (Å²) in [4.78, 5) is 0. The summed E-state index contributed by atoms with van der Waals surface area (Å²) < 4.78 is 16.2. The maximum atomic E-state index is 9.19. The fourth-order valence-corrected chi connectivity index (χ4v) is 1.81. The van der Waals surface area contributed by atoms with Crippen LogP contribution in [0, 0.1) is 0 Å². The third kappa shape index (κ3) is 4.61. The third-order valence-corrected chi connectivity index (χ3v) is 2.81. The quantitative estimate of drug-likeness (QED) is 0.710. The van der Waals surface area contributed by atoms with Crippen LogP contribution in [0.1, 0.15) is 13.3 Å². The summed E-state index contributed by atoms with van der Waals surface area (Å²) in [5, 5.41) is 12.4. The van der Waals surface area contributed by atoms with Crippen LogP contribution in [-0.2, 0) is 0 Å². The van der Waals surface area contributed by atoms with E-state index in [1.807, 2.05) is 25.1 Å². The zero-order valence-corrected chi connectivity index (χ0v) is 11.8. The number of rotatable bonds is 9. The van der Waals surface area contributed by atoms with Gasteiger partial charge in [0.05, 0.1) is 27.4 Å². The second-order valence-electron chi connectivity index (χ2n) is 4.07. The molecule has 0 radical (unpaired) electrons. The van der Waals surface area contributed by atoms with Crippen molar-refractivity contribution in [2.24, 2.45) is 0 Å². The highest BCUT2D eigenvalue weighted by Gasteiger charge is 2.12. The van der Waals surface area contributed by atoms with E-state index in [4.69, 9.17) is 14.2 Å². The Kier molecular flexibility index (Phi) is 7.07. The first kappa shape index (κ1) is 15.6. The van der Waals surface area contributed by atoms with Crippen LogP contribution >= 0.6 is 0 Å². The minimum Gasteiger partial charge on any atom is -0.493 e. The molecule has 1 unspecified atom stereocenters. The van der Waals surface area contributed by atoms with E-state index in [2.05, 4.69) is 5.32 Å². The van der Waals surface area contributed by atoms with Gasteiger partial charge in [-0.15, -0.1) is 0 Å². The Balaban J connectivity index is 2.61. The SMILES string of the molecule is CCNC(CO)CCOc1c(OC)cccc1OC. The Bertz CT molecular complexity index is 348. The van der Waals surface area contributed by atoms with Gasteiger partial charge in [-0.25, -0.2) is 0 Å². The molecule has 0 aromatic heterocycles. The van der Waals surface area contributed by atoms with E-state index in [1.165, 1.54) is 0 Å². The number of ether oxygens (including phenoxy) is 3. The van der Waals surface area contributed by atoms with Gasteiger partial charge in [-0.1, -0.05) is 13.0 Å². The van der Waals surface area contributed by atoms with Gasteiger partial charge in [-0.05, 0) is 25.1 Å². The lowest BCUT2D eigenvalue weighted by molar-refractivity contribution is 0.204. The zero-order valence-electron chi connectivity index (χ0n) is 11.8. The molecule has 5 heteroatoms. The molecule has 108 valence electrons. The molecule has 19 heavy (non-hydrogen) atoms. The van der Waals surface area contributed by atoms with Crippen molar-refractivity contribution < 1.29 is 19.3 Å². The molecule has 0 spiro atoms. The second kappa shape index (κ2) is 8.61. The molecular formula is C14H23NO4. The lowest BCUT2D eigenvalue weighted by Crippen LogP contribution is -2.33. The lowest BCUT2D eigenvalue weighted by Gasteiger charge is -2.17. The van der Waals surface area contributed by atoms with Crippen LogP contribution in [0.3, 0.4) is 0 Å². The summed E-state index contributed by atoms with van der Waals surface area (Å²) in [7, 11) is 3.19. The first-order chi connectivity index (χ1) is 9.26. The molecule has 0 aliphatic carbocycles. The van der Waals surface area contributed by atoms with Gasteiger partial charge in [0.15, 0.2) is 11.5 Å². The number of methoxy groups -OCH3 is 2. The molecule has 0 saturated heterocycles. The largest absolute Gasteiger partial charge is 0.493 e. The van der Waals surface area contributed by atoms with Gasteiger partial charge in [-0.2, -0.15) is 0 Å². The standard InChI is InChI=1S/C14H23NO4/c1-4-15-11(10-16)8-9-19-14-12(17-2)6-5-7-13(14)18-3/h5-7,11,15-16H,4,8-10H2,1-3H3. The van der Waals surface area contributed by atoms with E-state index in [9.17, 15) is 5.11 Å². The summed E-state index contributed by atoms with van der Waals surface area (Å²) in [5.41, 5.74) is 0. The normalized spacial score (nSPS) is 12.0. The fourth-order valence-electron chi connectivity index (χ4n) is 1.81. The second-order valence-corrected chi connectivity index (χ2v) is 4.07. The smallest absolute Gasteiger partial charge is 0.203 e. The van der Waals surface area contributed by atoms with E-state index in [0.717, 1.165) is 6.54 Å². The molecule has 1 aromatic carbocycles. The Morgan fingerprint density at radius 1 is 1.21 bits per heavy atom. The number of hydrogen-bond donors (Lipinski definition) is 2. The Labute approximate surface area is 114 Å². The van der Waals surface area contributed by atoms with E-state index in [0.29, 0.717) is 30.3 Å². The topological polar surface area (TPSA) is 60.0 Å². The molecule has 0 bridgehead atoms. The average molecular weight is 269 g/mol. The van der Waals surface area contributed by atoms with Crippen molar-refractivity contribution in [1.82, 2.24) is 5.32 Å². The van der Waals surface area contributed by atoms with E-state index in [1.54, 1.807) is 14.2 Å². The summed E-state index contributed by atoms with van der Waals surface area (Å²) in [6.07, 6.45) is 0.714. The maximum absolute atomic E-state index is 9.19. The molecule has 0 amide bonds. The highest BCUT2D eigenvalue weighted by Crippen LogP contribution is 2.36. The minimum atomic E-state index is 0.0469. The van der Waals surface area contributed by atoms with Crippen molar-refractivity contribution in [3.63, 3.8) is 0 Å². The number of para-hydroxylation sites is 1. The van der Waals surface area contributed by atoms with Crippen molar-refractivity contribution in [3.8, 4) is 17.2 Å². The Hall–Kier alpha value is -1.46. The van der Waals surface area contributed by atoms with Crippen molar-refractivity contribution in [2.45, 2.75) is 19.4 Å². The van der Waals surface area contributed by atoms with Gasteiger partial charge in [0.2, 0.25) is 5.75 Å². The predicted octanol–water partition coefficient (Wildman–Crippen LogP) is 1.44. The van der Waals surface area contributed by atoms with E-state index < -0.39 is 0 Å². The molecule has 1 rings (SSSR count). The van der Waals surface area contributed by atoms with Crippen LogP contribution in [0.4, 0.5) is 0 Å². The van der Waals surface area contributed by atoms with Crippen LogP contribution in [0.5, 0.6) is 17.2 Å². The molecule has 1 aromatic rings. The van der Waals surface area contributed by atoms with Crippen molar-refractivity contribution in [3.05, 3.63) is 18.2 Å². The summed E-state index contributed by atoms with van der Waals surface area (Å²) in [6.45, 7) is 3.41. The minimum absolute atomic E-state index is 0.0469. The number of aliphatic hydroxyl groups is 1. The number of benzene rings is 1. The molecule has 1 atom stereocenters. The summed E-state index contributed by atoms with van der Waals surface area (Å²) in [5.74, 6) is 1.88.